The van der Waals surface area contributed by atoms with Crippen LogP contribution < -0.4 is 20.4 Å². The number of benzene rings is 4. The van der Waals surface area contributed by atoms with Crippen LogP contribution >= 0.6 is 0 Å². The largest absolute Gasteiger partial charge is 0.468 e. The number of alkyl carbamates (subject to hydrolysis) is 2. The monoisotopic (exact) mass is 970 g/mol. The fourth-order valence-electron chi connectivity index (χ4n) is 7.27. The maximum Gasteiger partial charge on any atom is 0.414 e. The number of amides is 4. The summed E-state index contributed by atoms with van der Waals surface area (Å²) in [6.45, 7) is 5.94. The topological polar surface area (TPSA) is 260 Å². The minimum absolute atomic E-state index is 0.0835. The summed E-state index contributed by atoms with van der Waals surface area (Å²) >= 11 is 0. The van der Waals surface area contributed by atoms with Gasteiger partial charge in [0.25, 0.3) is 10.1 Å². The molecular weight excluding hydrogens is 917 g/mol. The molecule has 3 unspecified atom stereocenters. The smallest absolute Gasteiger partial charge is 0.414 e. The Bertz CT molecular complexity index is 2550. The number of amidine groups is 2. The first-order valence-corrected chi connectivity index (χ1v) is 23.5. The van der Waals surface area contributed by atoms with E-state index in [0.717, 1.165) is 43.6 Å². The average Bonchev–Trinajstić information content (AvgIpc) is 3.92. The van der Waals surface area contributed by atoms with Gasteiger partial charge in [0, 0.05) is 55.2 Å². The Balaban J connectivity index is 0.000000232. The van der Waals surface area contributed by atoms with E-state index in [4.69, 9.17) is 34.5 Å². The molecule has 4 aromatic carbocycles. The van der Waals surface area contributed by atoms with Crippen molar-refractivity contribution in [3.8, 4) is 0 Å². The molecule has 3 atom stereocenters. The van der Waals surface area contributed by atoms with Gasteiger partial charge in [-0.2, -0.15) is 8.42 Å². The summed E-state index contributed by atoms with van der Waals surface area (Å²) in [5.41, 5.74) is 3.71. The summed E-state index contributed by atoms with van der Waals surface area (Å²) in [6, 6.07) is 31.2. The van der Waals surface area contributed by atoms with Gasteiger partial charge >= 0.3 is 30.3 Å². The lowest BCUT2D eigenvalue weighted by Crippen LogP contribution is -2.53. The first-order valence-electron chi connectivity index (χ1n) is 21.7. The molecule has 3 saturated heterocycles. The van der Waals surface area contributed by atoms with Gasteiger partial charge in [0.1, 0.15) is 49.7 Å². The number of anilines is 2. The molecule has 69 heavy (non-hydrogen) atoms. The molecule has 0 aromatic heterocycles. The van der Waals surface area contributed by atoms with E-state index in [9.17, 15) is 32.4 Å². The van der Waals surface area contributed by atoms with E-state index in [-0.39, 0.29) is 56.2 Å². The SMILES string of the molecule is COC(=O)C(C)N1CCN(CC2CN(c3ccc(C(=N)NC(=O)OCc4ccccc4)cc3)C(=O)O2)CC1.CS(=O)(=O)OCC1CN(c2ccc(C(=N)NC(=O)OCc3ccccc3)cc2)C(=O)O1. The maximum absolute atomic E-state index is 12.5. The van der Waals surface area contributed by atoms with Crippen molar-refractivity contribution in [1.29, 1.82) is 10.8 Å². The Hall–Kier alpha value is -7.40. The molecule has 21 nitrogen and oxygen atoms in total. The lowest BCUT2D eigenvalue weighted by atomic mass is 10.1. The highest BCUT2D eigenvalue weighted by atomic mass is 32.2. The summed E-state index contributed by atoms with van der Waals surface area (Å²) in [5.74, 6) is -0.496. The van der Waals surface area contributed by atoms with Gasteiger partial charge in [-0.25, -0.2) is 19.2 Å². The molecule has 4 aromatic rings. The number of ether oxygens (including phenoxy) is 5. The lowest BCUT2D eigenvalue weighted by molar-refractivity contribution is -0.147. The molecule has 3 fully saturated rings. The van der Waals surface area contributed by atoms with Gasteiger partial charge in [-0.1, -0.05) is 60.7 Å². The number of nitrogens with zero attached hydrogens (tertiary/aromatic N) is 4. The Labute approximate surface area is 399 Å². The lowest BCUT2D eigenvalue weighted by Gasteiger charge is -2.37. The van der Waals surface area contributed by atoms with Crippen molar-refractivity contribution in [2.24, 2.45) is 0 Å². The highest BCUT2D eigenvalue weighted by Crippen LogP contribution is 2.25. The van der Waals surface area contributed by atoms with E-state index in [2.05, 4.69) is 24.6 Å². The van der Waals surface area contributed by atoms with Crippen molar-refractivity contribution < 1.29 is 60.3 Å². The minimum Gasteiger partial charge on any atom is -0.468 e. The van der Waals surface area contributed by atoms with Crippen LogP contribution in [0.5, 0.6) is 0 Å². The van der Waals surface area contributed by atoms with Crippen LogP contribution in [0.1, 0.15) is 29.2 Å². The second-order valence-corrected chi connectivity index (χ2v) is 17.6. The molecule has 7 rings (SSSR count). The van der Waals surface area contributed by atoms with Gasteiger partial charge in [-0.05, 0) is 66.6 Å². The van der Waals surface area contributed by atoms with E-state index < -0.39 is 40.6 Å². The van der Waals surface area contributed by atoms with E-state index in [0.29, 0.717) is 35.6 Å². The number of carbonyl (C=O) groups is 5. The van der Waals surface area contributed by atoms with Crippen molar-refractivity contribution in [3.05, 3.63) is 131 Å². The van der Waals surface area contributed by atoms with Crippen LogP contribution in [0.3, 0.4) is 0 Å². The van der Waals surface area contributed by atoms with Crippen LogP contribution in [0.2, 0.25) is 0 Å². The number of cyclic esters (lactones) is 2. The molecule has 4 N–H and O–H groups in total. The first kappa shape index (κ1) is 51.0. The zero-order valence-electron chi connectivity index (χ0n) is 38.2. The Morgan fingerprint density at radius 1 is 0.681 bits per heavy atom. The normalized spacial score (nSPS) is 17.6. The number of methoxy groups -OCH3 is 1. The number of esters is 1. The zero-order valence-corrected chi connectivity index (χ0v) is 39.0. The number of piperazine rings is 1. The van der Waals surface area contributed by atoms with Crippen molar-refractivity contribution in [1.82, 2.24) is 20.4 Å². The predicted molar refractivity (Wildman–Crippen MR) is 252 cm³/mol. The van der Waals surface area contributed by atoms with Crippen molar-refractivity contribution in [3.63, 3.8) is 0 Å². The molecule has 3 aliphatic heterocycles. The molecule has 3 aliphatic rings. The van der Waals surface area contributed by atoms with Gasteiger partial charge in [0.15, 0.2) is 0 Å². The number of carbonyl (C=O) groups excluding carboxylic acids is 5. The molecule has 3 heterocycles. The fraction of sp³-hybridized carbons (Fsp3) is 0.340. The molecule has 0 aliphatic carbocycles. The molecule has 0 radical (unpaired) electrons. The number of nitrogens with one attached hydrogen (secondary N) is 4. The quantitative estimate of drug-likeness (QED) is 0.0415. The van der Waals surface area contributed by atoms with Gasteiger partial charge in [0.05, 0.1) is 26.5 Å². The predicted octanol–water partition coefficient (Wildman–Crippen LogP) is 4.68. The van der Waals surface area contributed by atoms with Crippen molar-refractivity contribution in [2.45, 2.75) is 38.4 Å². The van der Waals surface area contributed by atoms with Crippen LogP contribution in [0.25, 0.3) is 0 Å². The number of hydrogen-bond acceptors (Lipinski definition) is 17. The molecule has 0 bridgehead atoms. The van der Waals surface area contributed by atoms with Gasteiger partial charge in [-0.3, -0.25) is 50.0 Å². The molecular formula is C47H54N8O13S. The second kappa shape index (κ2) is 24.1. The van der Waals surface area contributed by atoms with E-state index in [1.54, 1.807) is 53.4 Å². The van der Waals surface area contributed by atoms with E-state index in [1.807, 2.05) is 67.6 Å². The first-order chi connectivity index (χ1) is 33.0. The third-order valence-corrected chi connectivity index (χ3v) is 11.6. The number of rotatable bonds is 15. The molecule has 0 spiro atoms. The van der Waals surface area contributed by atoms with Crippen LogP contribution in [0.4, 0.5) is 30.6 Å². The van der Waals surface area contributed by atoms with Crippen LogP contribution in [-0.2, 0) is 56.0 Å². The molecule has 366 valence electrons. The Morgan fingerprint density at radius 2 is 1.12 bits per heavy atom. The highest BCUT2D eigenvalue weighted by molar-refractivity contribution is 7.86. The number of hydrogen-bond donors (Lipinski definition) is 4. The summed E-state index contributed by atoms with van der Waals surface area (Å²) in [6.07, 6.45) is -2.59. The fourth-order valence-corrected chi connectivity index (χ4v) is 7.67. The standard InChI is InChI=1S/C27H33N5O6.C20H21N3O7S/c1-19(25(33)36-2)31-14-12-30(13-15-31)16-23-17-32(27(35)38-23)22-10-8-21(9-11-22)24(28)29-26(34)37-18-20-6-4-3-5-7-20;1-31(26,27)29-13-17-11-23(20(25)30-17)16-9-7-15(8-10-16)18(21)22-19(24)28-12-14-5-3-2-4-6-14/h3-11,19,23H,12-18H2,1-2H3,(H2,28,29,34);2-10,17H,11-13H2,1H3,(H2,21,22,24). The second-order valence-electron chi connectivity index (χ2n) is 16.0. The van der Waals surface area contributed by atoms with Crippen molar-refractivity contribution >= 4 is 63.5 Å². The zero-order chi connectivity index (χ0) is 49.5. The Morgan fingerprint density at radius 3 is 1.55 bits per heavy atom. The van der Waals surface area contributed by atoms with Gasteiger partial charge in [0.2, 0.25) is 0 Å². The van der Waals surface area contributed by atoms with Crippen molar-refractivity contribution in [2.75, 3.05) is 75.6 Å². The van der Waals surface area contributed by atoms with Crippen LogP contribution in [0.15, 0.2) is 109 Å². The highest BCUT2D eigenvalue weighted by Gasteiger charge is 2.36. The summed E-state index contributed by atoms with van der Waals surface area (Å²) in [7, 11) is -2.24. The third-order valence-electron chi connectivity index (χ3n) is 11.0. The van der Waals surface area contributed by atoms with E-state index in [1.165, 1.54) is 12.0 Å². The Kier molecular flexibility index (Phi) is 17.8. The molecule has 22 heteroatoms. The summed E-state index contributed by atoms with van der Waals surface area (Å²) < 4.78 is 52.6. The summed E-state index contributed by atoms with van der Waals surface area (Å²) in [4.78, 5) is 67.5. The molecule has 0 saturated carbocycles. The van der Waals surface area contributed by atoms with Gasteiger partial charge < -0.3 is 23.7 Å². The average molecular weight is 971 g/mol. The van der Waals surface area contributed by atoms with Crippen LogP contribution in [-0.4, -0.2) is 144 Å². The minimum atomic E-state index is -3.63. The van der Waals surface area contributed by atoms with Crippen LogP contribution in [0, 0.1) is 10.8 Å². The molecule has 4 amide bonds. The summed E-state index contributed by atoms with van der Waals surface area (Å²) in [5, 5.41) is 20.9. The van der Waals surface area contributed by atoms with Gasteiger partial charge in [-0.15, -0.1) is 0 Å². The van der Waals surface area contributed by atoms with E-state index >= 15 is 0 Å². The maximum atomic E-state index is 12.5. The third kappa shape index (κ3) is 15.3.